The molecule has 2 aromatic rings. The molecule has 0 saturated heterocycles. The number of para-hydroxylation sites is 1. The van der Waals surface area contributed by atoms with Crippen LogP contribution in [0.15, 0.2) is 60.3 Å². The molecular formula is C20H21NO3. The minimum absolute atomic E-state index is 0.00411. The molecule has 0 bridgehead atoms. The topological polar surface area (TPSA) is 38.8 Å². The molecule has 0 radical (unpaired) electrons. The summed E-state index contributed by atoms with van der Waals surface area (Å²) in [6.45, 7) is 2.57. The molecule has 0 N–H and O–H groups in total. The lowest BCUT2D eigenvalue weighted by atomic mass is 9.91. The molecule has 0 saturated carbocycles. The number of rotatable bonds is 4. The number of carbonyl (C=O) groups excluding carboxylic acids is 1. The van der Waals surface area contributed by atoms with Gasteiger partial charge in [0.15, 0.2) is 11.9 Å². The number of hydrogen-bond donors (Lipinski definition) is 0. The van der Waals surface area contributed by atoms with Gasteiger partial charge in [-0.05, 0) is 36.8 Å². The minimum atomic E-state index is -0.425. The Labute approximate surface area is 142 Å². The second kappa shape index (κ2) is 6.79. The lowest BCUT2D eigenvalue weighted by molar-refractivity contribution is 0.0957. The maximum Gasteiger partial charge on any atom is 0.198 e. The van der Waals surface area contributed by atoms with E-state index in [0.717, 1.165) is 11.3 Å². The second-order valence-corrected chi connectivity index (χ2v) is 5.87. The highest BCUT2D eigenvalue weighted by Gasteiger charge is 2.33. The molecule has 1 unspecified atom stereocenters. The number of carbonyl (C=O) groups is 1. The zero-order chi connectivity index (χ0) is 17.1. The van der Waals surface area contributed by atoms with Gasteiger partial charge in [-0.25, -0.2) is 0 Å². The maximum absolute atomic E-state index is 12.9. The largest absolute Gasteiger partial charge is 0.494 e. The molecule has 0 fully saturated rings. The zero-order valence-corrected chi connectivity index (χ0v) is 14.2. The third kappa shape index (κ3) is 3.13. The highest BCUT2D eigenvalue weighted by molar-refractivity contribution is 6.12. The van der Waals surface area contributed by atoms with Gasteiger partial charge >= 0.3 is 0 Å². The van der Waals surface area contributed by atoms with Crippen molar-refractivity contribution in [2.45, 2.75) is 13.0 Å². The third-order valence-corrected chi connectivity index (χ3v) is 3.81. The van der Waals surface area contributed by atoms with Crippen molar-refractivity contribution in [1.82, 2.24) is 4.90 Å². The Bertz CT molecular complexity index is 763. The fourth-order valence-electron chi connectivity index (χ4n) is 2.78. The number of ketones is 1. The Hall–Kier alpha value is -2.75. The number of nitrogens with zero attached hydrogens (tertiary/aromatic N) is 1. The van der Waals surface area contributed by atoms with Crippen molar-refractivity contribution >= 4 is 5.78 Å². The molecule has 1 aliphatic rings. The average molecular weight is 323 g/mol. The van der Waals surface area contributed by atoms with E-state index in [1.807, 2.05) is 74.6 Å². The summed E-state index contributed by atoms with van der Waals surface area (Å²) in [5.74, 6) is 1.43. The summed E-state index contributed by atoms with van der Waals surface area (Å²) in [6.07, 6.45) is 1.41. The van der Waals surface area contributed by atoms with Gasteiger partial charge in [-0.15, -0.1) is 0 Å². The van der Waals surface area contributed by atoms with Gasteiger partial charge in [-0.3, -0.25) is 4.79 Å². The van der Waals surface area contributed by atoms with E-state index in [2.05, 4.69) is 0 Å². The van der Waals surface area contributed by atoms with Crippen LogP contribution < -0.4 is 9.47 Å². The molecule has 3 rings (SSSR count). The minimum Gasteiger partial charge on any atom is -0.494 e. The predicted octanol–water partition coefficient (Wildman–Crippen LogP) is 3.85. The average Bonchev–Trinajstić information content (AvgIpc) is 2.58. The molecule has 0 amide bonds. The number of fused-ring (bicyclic) bond motifs is 1. The maximum atomic E-state index is 12.9. The number of hydrogen-bond acceptors (Lipinski definition) is 4. The van der Waals surface area contributed by atoms with E-state index in [0.29, 0.717) is 23.5 Å². The molecule has 1 heterocycles. The molecule has 24 heavy (non-hydrogen) atoms. The van der Waals surface area contributed by atoms with Crippen LogP contribution in [0.25, 0.3) is 0 Å². The van der Waals surface area contributed by atoms with Crippen LogP contribution >= 0.6 is 0 Å². The van der Waals surface area contributed by atoms with Crippen molar-refractivity contribution in [2.24, 2.45) is 0 Å². The van der Waals surface area contributed by atoms with E-state index in [1.54, 1.807) is 6.07 Å². The summed E-state index contributed by atoms with van der Waals surface area (Å²) < 4.78 is 11.6. The van der Waals surface area contributed by atoms with Crippen LogP contribution in [0.4, 0.5) is 0 Å². The van der Waals surface area contributed by atoms with Crippen LogP contribution in [0.5, 0.6) is 11.5 Å². The van der Waals surface area contributed by atoms with Crippen LogP contribution in [0, 0.1) is 0 Å². The molecular weight excluding hydrogens is 302 g/mol. The van der Waals surface area contributed by atoms with Crippen LogP contribution in [-0.2, 0) is 0 Å². The summed E-state index contributed by atoms with van der Waals surface area (Å²) in [5.41, 5.74) is 2.16. The highest BCUT2D eigenvalue weighted by atomic mass is 16.5. The van der Waals surface area contributed by atoms with Crippen molar-refractivity contribution in [3.8, 4) is 11.5 Å². The molecule has 0 aliphatic carbocycles. The van der Waals surface area contributed by atoms with Crippen LogP contribution in [0.2, 0.25) is 0 Å². The van der Waals surface area contributed by atoms with Gasteiger partial charge in [0, 0.05) is 20.3 Å². The van der Waals surface area contributed by atoms with Crippen LogP contribution in [-0.4, -0.2) is 31.4 Å². The first-order chi connectivity index (χ1) is 11.6. The predicted molar refractivity (Wildman–Crippen MR) is 93.5 cm³/mol. The van der Waals surface area contributed by atoms with Crippen molar-refractivity contribution in [1.29, 1.82) is 0 Å². The Morgan fingerprint density at radius 2 is 1.83 bits per heavy atom. The Balaban J connectivity index is 2.02. The molecule has 124 valence electrons. The summed E-state index contributed by atoms with van der Waals surface area (Å²) in [5, 5.41) is 0. The normalized spacial score (nSPS) is 18.0. The van der Waals surface area contributed by atoms with Gasteiger partial charge in [0.05, 0.1) is 17.7 Å². The molecule has 1 aliphatic heterocycles. The lowest BCUT2D eigenvalue weighted by Crippen LogP contribution is -2.25. The fourth-order valence-corrected chi connectivity index (χ4v) is 2.78. The number of ether oxygens (including phenoxy) is 2. The summed E-state index contributed by atoms with van der Waals surface area (Å²) in [4.78, 5) is 14.8. The van der Waals surface area contributed by atoms with Gasteiger partial charge < -0.3 is 14.4 Å². The van der Waals surface area contributed by atoms with Crippen molar-refractivity contribution < 1.29 is 14.3 Å². The first kappa shape index (κ1) is 16.1. The zero-order valence-electron chi connectivity index (χ0n) is 14.2. The molecule has 1 atom stereocenters. The first-order valence-electron chi connectivity index (χ1n) is 8.01. The summed E-state index contributed by atoms with van der Waals surface area (Å²) >= 11 is 0. The van der Waals surface area contributed by atoms with Gasteiger partial charge in [-0.1, -0.05) is 24.3 Å². The standard InChI is InChI=1S/C20H21NO3/c1-4-23-15-11-9-14(10-12-15)20-17(13-21(2)3)19(22)16-7-5-6-8-18(16)24-20/h5-13,20H,4H2,1-3H3. The molecule has 4 nitrogen and oxygen atoms in total. The monoisotopic (exact) mass is 323 g/mol. The van der Waals surface area contributed by atoms with Crippen LogP contribution in [0.3, 0.4) is 0 Å². The lowest BCUT2D eigenvalue weighted by Gasteiger charge is -2.29. The van der Waals surface area contributed by atoms with Gasteiger partial charge in [-0.2, -0.15) is 0 Å². The van der Waals surface area contributed by atoms with Gasteiger partial charge in [0.25, 0.3) is 0 Å². The van der Waals surface area contributed by atoms with E-state index >= 15 is 0 Å². The van der Waals surface area contributed by atoms with Crippen molar-refractivity contribution in [3.05, 3.63) is 71.4 Å². The Morgan fingerprint density at radius 1 is 1.12 bits per heavy atom. The Kier molecular flexibility index (Phi) is 4.56. The number of benzene rings is 2. The molecule has 0 aromatic heterocycles. The van der Waals surface area contributed by atoms with E-state index in [-0.39, 0.29) is 5.78 Å². The van der Waals surface area contributed by atoms with E-state index in [4.69, 9.17) is 9.47 Å². The Morgan fingerprint density at radius 3 is 2.50 bits per heavy atom. The smallest absolute Gasteiger partial charge is 0.198 e. The first-order valence-corrected chi connectivity index (χ1v) is 8.01. The van der Waals surface area contributed by atoms with Crippen LogP contribution in [0.1, 0.15) is 28.9 Å². The highest BCUT2D eigenvalue weighted by Crippen LogP contribution is 2.38. The van der Waals surface area contributed by atoms with E-state index < -0.39 is 6.10 Å². The van der Waals surface area contributed by atoms with Crippen molar-refractivity contribution in [2.75, 3.05) is 20.7 Å². The molecule has 4 heteroatoms. The van der Waals surface area contributed by atoms with Gasteiger partial charge in [0.1, 0.15) is 11.5 Å². The van der Waals surface area contributed by atoms with Gasteiger partial charge in [0.2, 0.25) is 0 Å². The summed E-state index contributed by atoms with van der Waals surface area (Å²) in [6, 6.07) is 15.1. The quantitative estimate of drug-likeness (QED) is 0.801. The second-order valence-electron chi connectivity index (χ2n) is 5.87. The SMILES string of the molecule is CCOc1ccc(C2Oc3ccccc3C(=O)C2=CN(C)C)cc1. The third-order valence-electron chi connectivity index (χ3n) is 3.81. The number of Topliss-reactive ketones (excluding diaryl/α,β-unsaturated/α-hetero) is 1. The fraction of sp³-hybridized carbons (Fsp3) is 0.250. The van der Waals surface area contributed by atoms with E-state index in [9.17, 15) is 4.79 Å². The van der Waals surface area contributed by atoms with Crippen molar-refractivity contribution in [3.63, 3.8) is 0 Å². The molecule has 0 spiro atoms. The molecule has 2 aromatic carbocycles. The van der Waals surface area contributed by atoms with E-state index in [1.165, 1.54) is 0 Å². The summed E-state index contributed by atoms with van der Waals surface area (Å²) in [7, 11) is 3.80.